The van der Waals surface area contributed by atoms with Gasteiger partial charge in [0.1, 0.15) is 0 Å². The fourth-order valence-electron chi connectivity index (χ4n) is 3.57. The minimum Gasteiger partial charge on any atom is -0.288 e. The normalized spacial score (nSPS) is 13.2. The molecule has 0 amide bonds. The van der Waals surface area contributed by atoms with Crippen LogP contribution in [0.3, 0.4) is 0 Å². The van der Waals surface area contributed by atoms with Crippen molar-refractivity contribution in [1.29, 1.82) is 0 Å². The predicted octanol–water partition coefficient (Wildman–Crippen LogP) is 4.94. The van der Waals surface area contributed by atoms with Crippen LogP contribution in [-0.2, 0) is 16.6 Å². The third-order valence-corrected chi connectivity index (χ3v) is 7.51. The molecule has 0 bridgehead atoms. The first-order chi connectivity index (χ1) is 13.9. The van der Waals surface area contributed by atoms with Gasteiger partial charge in [-0.1, -0.05) is 29.8 Å². The van der Waals surface area contributed by atoms with E-state index >= 15 is 0 Å². The molecule has 0 aliphatic carbocycles. The number of benzene rings is 2. The van der Waals surface area contributed by atoms with Gasteiger partial charge in [0.05, 0.1) is 17.1 Å². The second kappa shape index (κ2) is 6.64. The zero-order chi connectivity index (χ0) is 20.2. The Bertz CT molecular complexity index is 1400. The van der Waals surface area contributed by atoms with Crippen LogP contribution in [0.4, 0.5) is 0 Å². The maximum absolute atomic E-state index is 13.6. The molecule has 2 aromatic carbocycles. The van der Waals surface area contributed by atoms with Crippen LogP contribution in [0.25, 0.3) is 22.3 Å². The Morgan fingerprint density at radius 1 is 1.03 bits per heavy atom. The SMILES string of the molecule is Cc1ccc(S(=O)(=O)n2c(-c3ccc4c(c3)CN=C4)cc3c(Br)ccnc32)cc1. The number of aliphatic imine (C=N–C) groups is 1. The molecular weight excluding hydrogens is 450 g/mol. The average Bonchev–Trinajstić information content (AvgIpc) is 3.33. The van der Waals surface area contributed by atoms with Crippen molar-refractivity contribution in [3.8, 4) is 11.3 Å². The molecule has 0 N–H and O–H groups in total. The van der Waals surface area contributed by atoms with E-state index < -0.39 is 10.0 Å². The standard InChI is InChI=1S/C22H16BrN3O2S/c1-14-2-6-18(7-3-14)29(27,28)26-21(11-19-20(23)8-9-25-22(19)26)15-4-5-16-12-24-13-17(16)10-15/h2-12H,13H2,1H3. The Morgan fingerprint density at radius 2 is 1.83 bits per heavy atom. The molecule has 2 aromatic heterocycles. The lowest BCUT2D eigenvalue weighted by Gasteiger charge is -2.12. The molecule has 0 atom stereocenters. The summed E-state index contributed by atoms with van der Waals surface area (Å²) in [5.41, 5.74) is 4.94. The van der Waals surface area contributed by atoms with Crippen LogP contribution in [0.2, 0.25) is 0 Å². The summed E-state index contributed by atoms with van der Waals surface area (Å²) in [7, 11) is -3.85. The summed E-state index contributed by atoms with van der Waals surface area (Å²) >= 11 is 3.53. The number of hydrogen-bond acceptors (Lipinski definition) is 4. The van der Waals surface area contributed by atoms with Crippen molar-refractivity contribution in [3.63, 3.8) is 0 Å². The Kier molecular flexibility index (Phi) is 4.18. The maximum atomic E-state index is 13.6. The van der Waals surface area contributed by atoms with Gasteiger partial charge in [-0.2, -0.15) is 0 Å². The number of halogens is 1. The largest absolute Gasteiger partial charge is 0.288 e. The highest BCUT2D eigenvalue weighted by atomic mass is 79.9. The number of pyridine rings is 1. The molecule has 0 radical (unpaired) electrons. The molecule has 4 aromatic rings. The molecule has 1 aliphatic rings. The first-order valence-corrected chi connectivity index (χ1v) is 11.3. The molecule has 0 saturated heterocycles. The number of aromatic nitrogens is 2. The average molecular weight is 466 g/mol. The third-order valence-electron chi connectivity index (χ3n) is 5.10. The van der Waals surface area contributed by atoms with Crippen molar-refractivity contribution >= 4 is 43.2 Å². The lowest BCUT2D eigenvalue weighted by atomic mass is 10.0. The molecule has 0 fully saturated rings. The zero-order valence-electron chi connectivity index (χ0n) is 15.5. The van der Waals surface area contributed by atoms with E-state index in [1.807, 2.05) is 43.5 Å². The van der Waals surface area contributed by atoms with Gasteiger partial charge in [0.25, 0.3) is 10.0 Å². The van der Waals surface area contributed by atoms with Crippen LogP contribution in [0.5, 0.6) is 0 Å². The lowest BCUT2D eigenvalue weighted by Crippen LogP contribution is -2.14. The van der Waals surface area contributed by atoms with Crippen LogP contribution in [0.1, 0.15) is 16.7 Å². The minimum absolute atomic E-state index is 0.230. The molecule has 0 unspecified atom stereocenters. The molecule has 0 saturated carbocycles. The van der Waals surface area contributed by atoms with Gasteiger partial charge in [-0.25, -0.2) is 17.4 Å². The van der Waals surface area contributed by atoms with Gasteiger partial charge in [0.15, 0.2) is 5.65 Å². The van der Waals surface area contributed by atoms with E-state index in [-0.39, 0.29) is 4.90 Å². The lowest BCUT2D eigenvalue weighted by molar-refractivity contribution is 0.589. The zero-order valence-corrected chi connectivity index (χ0v) is 17.9. The quantitative estimate of drug-likeness (QED) is 0.430. The topological polar surface area (TPSA) is 64.3 Å². The van der Waals surface area contributed by atoms with Crippen molar-refractivity contribution in [1.82, 2.24) is 8.96 Å². The van der Waals surface area contributed by atoms with Crippen LogP contribution >= 0.6 is 15.9 Å². The van der Waals surface area contributed by atoms with Crippen LogP contribution < -0.4 is 0 Å². The second-order valence-corrected chi connectivity index (χ2v) is 9.67. The first kappa shape index (κ1) is 18.3. The Balaban J connectivity index is 1.81. The maximum Gasteiger partial charge on any atom is 0.269 e. The van der Waals surface area contributed by atoms with E-state index in [0.29, 0.717) is 17.9 Å². The number of aryl methyl sites for hydroxylation is 1. The van der Waals surface area contributed by atoms with E-state index in [1.54, 1.807) is 30.5 Å². The van der Waals surface area contributed by atoms with E-state index in [4.69, 9.17) is 0 Å². The minimum atomic E-state index is -3.85. The molecule has 5 nitrogen and oxygen atoms in total. The smallest absolute Gasteiger partial charge is 0.269 e. The summed E-state index contributed by atoms with van der Waals surface area (Å²) in [6.07, 6.45) is 3.45. The summed E-state index contributed by atoms with van der Waals surface area (Å²) in [5, 5.41) is 0.745. The summed E-state index contributed by atoms with van der Waals surface area (Å²) < 4.78 is 29.4. The van der Waals surface area contributed by atoms with E-state index in [9.17, 15) is 8.42 Å². The van der Waals surface area contributed by atoms with Crippen LogP contribution in [0.15, 0.2) is 75.2 Å². The van der Waals surface area contributed by atoms with E-state index in [0.717, 1.165) is 32.1 Å². The molecule has 0 spiro atoms. The molecule has 29 heavy (non-hydrogen) atoms. The monoisotopic (exact) mass is 465 g/mol. The number of hydrogen-bond donors (Lipinski definition) is 0. The molecule has 3 heterocycles. The summed E-state index contributed by atoms with van der Waals surface area (Å²) in [4.78, 5) is 8.93. The fourth-order valence-corrected chi connectivity index (χ4v) is 5.47. The van der Waals surface area contributed by atoms with Crippen molar-refractivity contribution in [2.24, 2.45) is 4.99 Å². The second-order valence-electron chi connectivity index (χ2n) is 7.03. The van der Waals surface area contributed by atoms with Gasteiger partial charge in [0, 0.05) is 22.3 Å². The highest BCUT2D eigenvalue weighted by molar-refractivity contribution is 9.10. The van der Waals surface area contributed by atoms with E-state index in [1.165, 1.54) is 3.97 Å². The Labute approximate surface area is 176 Å². The molecule has 7 heteroatoms. The Hall–Kier alpha value is -2.77. The van der Waals surface area contributed by atoms with Crippen molar-refractivity contribution in [2.45, 2.75) is 18.4 Å². The predicted molar refractivity (Wildman–Crippen MR) is 118 cm³/mol. The van der Waals surface area contributed by atoms with Gasteiger partial charge < -0.3 is 0 Å². The number of fused-ring (bicyclic) bond motifs is 2. The van der Waals surface area contributed by atoms with E-state index in [2.05, 4.69) is 25.9 Å². The van der Waals surface area contributed by atoms with Gasteiger partial charge in [0.2, 0.25) is 0 Å². The van der Waals surface area contributed by atoms with Gasteiger partial charge in [-0.3, -0.25) is 4.99 Å². The van der Waals surface area contributed by atoms with Gasteiger partial charge >= 0.3 is 0 Å². The molecule has 144 valence electrons. The van der Waals surface area contributed by atoms with Crippen molar-refractivity contribution in [2.75, 3.05) is 0 Å². The van der Waals surface area contributed by atoms with Crippen molar-refractivity contribution in [3.05, 3.63) is 82.0 Å². The third kappa shape index (κ3) is 2.92. The highest BCUT2D eigenvalue weighted by Gasteiger charge is 2.26. The molecule has 5 rings (SSSR count). The first-order valence-electron chi connectivity index (χ1n) is 9.06. The van der Waals surface area contributed by atoms with Crippen LogP contribution in [0, 0.1) is 6.92 Å². The summed E-state index contributed by atoms with van der Waals surface area (Å²) in [5.74, 6) is 0. The number of rotatable bonds is 3. The molecular formula is C22H16BrN3O2S. The summed E-state index contributed by atoms with van der Waals surface area (Å²) in [6.45, 7) is 2.54. The number of nitrogens with zero attached hydrogens (tertiary/aromatic N) is 3. The Morgan fingerprint density at radius 3 is 2.62 bits per heavy atom. The molecule has 1 aliphatic heterocycles. The summed E-state index contributed by atoms with van der Waals surface area (Å²) in [6, 6.07) is 16.5. The highest BCUT2D eigenvalue weighted by Crippen LogP contribution is 2.35. The van der Waals surface area contributed by atoms with Gasteiger partial charge in [-0.05, 0) is 69.9 Å². The van der Waals surface area contributed by atoms with Crippen LogP contribution in [-0.4, -0.2) is 23.6 Å². The van der Waals surface area contributed by atoms with Crippen molar-refractivity contribution < 1.29 is 8.42 Å². The van der Waals surface area contributed by atoms with Gasteiger partial charge in [-0.15, -0.1) is 0 Å². The fraction of sp³-hybridized carbons (Fsp3) is 0.0909.